The molecule has 1 atom stereocenters. The summed E-state index contributed by atoms with van der Waals surface area (Å²) in [7, 11) is 3.09. The van der Waals surface area contributed by atoms with E-state index in [4.69, 9.17) is 26.9 Å². The van der Waals surface area contributed by atoms with Gasteiger partial charge in [-0.15, -0.1) is 0 Å². The minimum absolute atomic E-state index is 0.169. The number of aromatic nitrogens is 2. The average molecular weight is 263 g/mol. The van der Waals surface area contributed by atoms with Crippen LogP contribution >= 0.6 is 11.6 Å². The van der Waals surface area contributed by atoms with Gasteiger partial charge in [0, 0.05) is 20.3 Å². The van der Waals surface area contributed by atoms with E-state index in [1.54, 1.807) is 25.1 Å². The van der Waals surface area contributed by atoms with E-state index >= 15 is 0 Å². The molecule has 6 nitrogen and oxygen atoms in total. The molecule has 1 unspecified atom stereocenters. The first-order chi connectivity index (χ1) is 8.06. The van der Waals surface area contributed by atoms with Gasteiger partial charge in [-0.1, -0.05) is 11.6 Å². The maximum absolute atomic E-state index is 6.13. The third-order valence-electron chi connectivity index (χ3n) is 2.49. The second kappa shape index (κ2) is 6.32. The van der Waals surface area contributed by atoms with E-state index in [-0.39, 0.29) is 12.1 Å². The Morgan fingerprint density at radius 3 is 2.41 bits per heavy atom. The van der Waals surface area contributed by atoms with Crippen molar-refractivity contribution in [3.63, 3.8) is 0 Å². The number of rotatable bonds is 6. The van der Waals surface area contributed by atoms with Gasteiger partial charge in [0.1, 0.15) is 6.04 Å². The molecule has 0 aromatic carbocycles. The Bertz CT molecular complexity index is 352. The molecule has 0 aliphatic rings. The first-order valence-corrected chi connectivity index (χ1v) is 5.69. The summed E-state index contributed by atoms with van der Waals surface area (Å²) < 4.78 is 12.2. The Kier molecular flexibility index (Phi) is 5.35. The average Bonchev–Trinajstić information content (AvgIpc) is 2.68. The standard InChI is InChI=1S/C10H19ClN4O2/c1-6(2)15-9(7(11)5-13-15)8(14-12)10(16-3)17-4/h5-6,8,10,14H,12H2,1-4H3. The van der Waals surface area contributed by atoms with Gasteiger partial charge in [-0.25, -0.2) is 5.43 Å². The van der Waals surface area contributed by atoms with Gasteiger partial charge in [0.2, 0.25) is 0 Å². The highest BCUT2D eigenvalue weighted by Gasteiger charge is 2.28. The Labute approximate surface area is 106 Å². The lowest BCUT2D eigenvalue weighted by Crippen LogP contribution is -2.40. The third-order valence-corrected chi connectivity index (χ3v) is 2.78. The quantitative estimate of drug-likeness (QED) is 0.458. The van der Waals surface area contributed by atoms with Crippen molar-refractivity contribution in [1.29, 1.82) is 0 Å². The third kappa shape index (κ3) is 2.97. The number of hydrogen-bond donors (Lipinski definition) is 2. The molecule has 1 aromatic heterocycles. The summed E-state index contributed by atoms with van der Waals surface area (Å²) in [5, 5.41) is 4.74. The maximum Gasteiger partial charge on any atom is 0.179 e. The fourth-order valence-electron chi connectivity index (χ4n) is 1.71. The molecular weight excluding hydrogens is 244 g/mol. The summed E-state index contributed by atoms with van der Waals surface area (Å²) in [4.78, 5) is 0. The zero-order chi connectivity index (χ0) is 13.0. The molecule has 17 heavy (non-hydrogen) atoms. The number of hydrogen-bond acceptors (Lipinski definition) is 5. The van der Waals surface area contributed by atoms with Crippen LogP contribution in [0.5, 0.6) is 0 Å². The minimum atomic E-state index is -0.535. The molecule has 0 aliphatic carbocycles. The van der Waals surface area contributed by atoms with Crippen molar-refractivity contribution < 1.29 is 9.47 Å². The second-order valence-corrected chi connectivity index (χ2v) is 4.31. The number of ether oxygens (including phenoxy) is 2. The van der Waals surface area contributed by atoms with Gasteiger partial charge in [-0.05, 0) is 13.8 Å². The summed E-state index contributed by atoms with van der Waals surface area (Å²) in [6, 6.07) is -0.217. The van der Waals surface area contributed by atoms with Crippen molar-refractivity contribution in [2.24, 2.45) is 5.84 Å². The molecule has 0 aliphatic heterocycles. The van der Waals surface area contributed by atoms with Crippen LogP contribution in [0.25, 0.3) is 0 Å². The van der Waals surface area contributed by atoms with Crippen molar-refractivity contribution in [2.45, 2.75) is 32.2 Å². The molecule has 3 N–H and O–H groups in total. The zero-order valence-corrected chi connectivity index (χ0v) is 11.2. The van der Waals surface area contributed by atoms with Crippen LogP contribution in [-0.4, -0.2) is 30.3 Å². The van der Waals surface area contributed by atoms with E-state index in [0.717, 1.165) is 5.69 Å². The van der Waals surface area contributed by atoms with Gasteiger partial charge >= 0.3 is 0 Å². The molecule has 1 aromatic rings. The molecule has 98 valence electrons. The molecule has 0 amide bonds. The van der Waals surface area contributed by atoms with Crippen molar-refractivity contribution in [3.8, 4) is 0 Å². The van der Waals surface area contributed by atoms with Crippen LogP contribution in [0.15, 0.2) is 6.20 Å². The van der Waals surface area contributed by atoms with Crippen molar-refractivity contribution in [1.82, 2.24) is 15.2 Å². The number of hydrazine groups is 1. The molecule has 0 bridgehead atoms. The summed E-state index contributed by atoms with van der Waals surface area (Å²) >= 11 is 6.13. The summed E-state index contributed by atoms with van der Waals surface area (Å²) in [6.45, 7) is 4.02. The van der Waals surface area contributed by atoms with Crippen LogP contribution in [0.4, 0.5) is 0 Å². The van der Waals surface area contributed by atoms with Gasteiger partial charge < -0.3 is 9.47 Å². The lowest BCUT2D eigenvalue weighted by Gasteiger charge is -2.26. The van der Waals surface area contributed by atoms with Crippen LogP contribution in [0.1, 0.15) is 31.6 Å². The van der Waals surface area contributed by atoms with E-state index in [1.165, 1.54) is 0 Å². The highest BCUT2D eigenvalue weighted by Crippen LogP contribution is 2.28. The lowest BCUT2D eigenvalue weighted by molar-refractivity contribution is -0.125. The van der Waals surface area contributed by atoms with Crippen LogP contribution in [-0.2, 0) is 9.47 Å². The molecule has 0 radical (unpaired) electrons. The van der Waals surface area contributed by atoms with Crippen LogP contribution in [0, 0.1) is 0 Å². The Hall–Kier alpha value is -0.660. The molecule has 0 spiro atoms. The first-order valence-electron chi connectivity index (χ1n) is 5.31. The SMILES string of the molecule is COC(OC)C(NN)c1c(Cl)cnn1C(C)C. The van der Waals surface area contributed by atoms with Crippen LogP contribution < -0.4 is 11.3 Å². The Morgan fingerprint density at radius 2 is 2.00 bits per heavy atom. The summed E-state index contributed by atoms with van der Waals surface area (Å²) in [6.07, 6.45) is 1.05. The normalized spacial score (nSPS) is 13.6. The number of nitrogens with zero attached hydrogens (tertiary/aromatic N) is 2. The molecule has 7 heteroatoms. The number of nitrogens with one attached hydrogen (secondary N) is 1. The fourth-order valence-corrected chi connectivity index (χ4v) is 1.96. The second-order valence-electron chi connectivity index (χ2n) is 3.90. The topological polar surface area (TPSA) is 74.3 Å². The fraction of sp³-hybridized carbons (Fsp3) is 0.700. The predicted octanol–water partition coefficient (Wildman–Crippen LogP) is 1.24. The molecule has 0 fully saturated rings. The van der Waals surface area contributed by atoms with Crippen molar-refractivity contribution in [3.05, 3.63) is 16.9 Å². The maximum atomic E-state index is 6.13. The molecule has 1 heterocycles. The summed E-state index contributed by atoms with van der Waals surface area (Å²) in [5.74, 6) is 5.54. The minimum Gasteiger partial charge on any atom is -0.354 e. The van der Waals surface area contributed by atoms with Crippen molar-refractivity contribution >= 4 is 11.6 Å². The predicted molar refractivity (Wildman–Crippen MR) is 65.5 cm³/mol. The van der Waals surface area contributed by atoms with E-state index in [0.29, 0.717) is 5.02 Å². The molecule has 0 saturated heterocycles. The van der Waals surface area contributed by atoms with Crippen LogP contribution in [0.2, 0.25) is 5.02 Å². The Balaban J connectivity index is 3.14. The van der Waals surface area contributed by atoms with E-state index in [9.17, 15) is 0 Å². The number of halogens is 1. The first kappa shape index (κ1) is 14.4. The van der Waals surface area contributed by atoms with E-state index < -0.39 is 6.29 Å². The zero-order valence-electron chi connectivity index (χ0n) is 10.5. The number of methoxy groups -OCH3 is 2. The van der Waals surface area contributed by atoms with Gasteiger partial charge in [0.25, 0.3) is 0 Å². The largest absolute Gasteiger partial charge is 0.354 e. The highest BCUT2D eigenvalue weighted by atomic mass is 35.5. The molecule has 0 saturated carbocycles. The summed E-state index contributed by atoms with van der Waals surface area (Å²) in [5.41, 5.74) is 3.40. The van der Waals surface area contributed by atoms with Gasteiger partial charge in [0.15, 0.2) is 6.29 Å². The molecule has 1 rings (SSSR count). The Morgan fingerprint density at radius 1 is 1.41 bits per heavy atom. The van der Waals surface area contributed by atoms with Gasteiger partial charge in [0.05, 0.1) is 16.9 Å². The van der Waals surface area contributed by atoms with Crippen LogP contribution in [0.3, 0.4) is 0 Å². The van der Waals surface area contributed by atoms with Gasteiger partial charge in [-0.2, -0.15) is 5.10 Å². The van der Waals surface area contributed by atoms with E-state index in [2.05, 4.69) is 10.5 Å². The smallest absolute Gasteiger partial charge is 0.179 e. The highest BCUT2D eigenvalue weighted by molar-refractivity contribution is 6.31. The molecular formula is C10H19ClN4O2. The van der Waals surface area contributed by atoms with Gasteiger partial charge in [-0.3, -0.25) is 10.5 Å². The van der Waals surface area contributed by atoms with Crippen molar-refractivity contribution in [2.75, 3.05) is 14.2 Å². The lowest BCUT2D eigenvalue weighted by atomic mass is 10.2. The number of nitrogens with two attached hydrogens (primary N) is 1. The van der Waals surface area contributed by atoms with E-state index in [1.807, 2.05) is 13.8 Å². The monoisotopic (exact) mass is 262 g/mol.